The zero-order chi connectivity index (χ0) is 17.4. The minimum atomic E-state index is 0.200. The van der Waals surface area contributed by atoms with Crippen LogP contribution in [0.5, 0.6) is 0 Å². The van der Waals surface area contributed by atoms with Crippen LogP contribution in [0.3, 0.4) is 0 Å². The van der Waals surface area contributed by atoms with Crippen LogP contribution in [0.25, 0.3) is 32.3 Å². The molecule has 0 radical (unpaired) electrons. The first-order valence-corrected chi connectivity index (χ1v) is 9.36. The topological polar surface area (TPSA) is 17.1 Å². The number of carbonyl (C=O) groups is 1. The molecule has 0 saturated heterocycles. The number of aryl methyl sites for hydroxylation is 1. The predicted molar refractivity (Wildman–Crippen MR) is 108 cm³/mol. The van der Waals surface area contributed by atoms with Crippen LogP contribution in [0.15, 0.2) is 54.6 Å². The SMILES string of the molecule is CCC(C)C(=O)CCCc1cc2ccc3cccc4ccc(c1)c2c34. The van der Waals surface area contributed by atoms with Gasteiger partial charge in [-0.3, -0.25) is 4.79 Å². The molecule has 1 atom stereocenters. The number of rotatable bonds is 6. The summed E-state index contributed by atoms with van der Waals surface area (Å²) in [6.45, 7) is 4.12. The second-order valence-corrected chi connectivity index (χ2v) is 7.26. The number of benzene rings is 4. The van der Waals surface area contributed by atoms with Crippen molar-refractivity contribution >= 4 is 38.1 Å². The van der Waals surface area contributed by atoms with E-state index < -0.39 is 0 Å². The Balaban J connectivity index is 1.66. The maximum absolute atomic E-state index is 12.0. The molecule has 4 aromatic rings. The molecule has 0 aliphatic carbocycles. The van der Waals surface area contributed by atoms with Crippen molar-refractivity contribution in [3.05, 3.63) is 60.2 Å². The molecule has 0 bridgehead atoms. The Kier molecular flexibility index (Phi) is 4.17. The highest BCUT2D eigenvalue weighted by Gasteiger charge is 2.11. The van der Waals surface area contributed by atoms with Gasteiger partial charge in [-0.2, -0.15) is 0 Å². The fourth-order valence-corrected chi connectivity index (χ4v) is 3.90. The van der Waals surface area contributed by atoms with Crippen LogP contribution in [0, 0.1) is 5.92 Å². The lowest BCUT2D eigenvalue weighted by atomic mass is 9.91. The van der Waals surface area contributed by atoms with Crippen molar-refractivity contribution < 1.29 is 4.79 Å². The highest BCUT2D eigenvalue weighted by atomic mass is 16.1. The molecule has 0 saturated carbocycles. The normalized spacial score (nSPS) is 13.0. The number of carbonyl (C=O) groups excluding carboxylic acids is 1. The van der Waals surface area contributed by atoms with Crippen LogP contribution in [0.2, 0.25) is 0 Å². The lowest BCUT2D eigenvalue weighted by Gasteiger charge is -2.13. The first kappa shape index (κ1) is 16.1. The molecule has 0 spiro atoms. The molecule has 0 aliphatic rings. The summed E-state index contributed by atoms with van der Waals surface area (Å²) >= 11 is 0. The van der Waals surface area contributed by atoms with Gasteiger partial charge in [0, 0.05) is 12.3 Å². The van der Waals surface area contributed by atoms with Crippen molar-refractivity contribution in [2.75, 3.05) is 0 Å². The maximum atomic E-state index is 12.0. The van der Waals surface area contributed by atoms with Crippen molar-refractivity contribution in [3.63, 3.8) is 0 Å². The highest BCUT2D eigenvalue weighted by molar-refractivity contribution is 6.23. The summed E-state index contributed by atoms with van der Waals surface area (Å²) in [6.07, 6.45) is 3.55. The van der Waals surface area contributed by atoms with Gasteiger partial charge in [-0.05, 0) is 57.1 Å². The first-order chi connectivity index (χ1) is 12.2. The van der Waals surface area contributed by atoms with Gasteiger partial charge in [-0.1, -0.05) is 68.4 Å². The van der Waals surface area contributed by atoms with E-state index in [2.05, 4.69) is 61.5 Å². The van der Waals surface area contributed by atoms with Crippen molar-refractivity contribution in [2.45, 2.75) is 39.5 Å². The van der Waals surface area contributed by atoms with Gasteiger partial charge in [0.1, 0.15) is 5.78 Å². The number of hydrogen-bond donors (Lipinski definition) is 0. The van der Waals surface area contributed by atoms with Gasteiger partial charge in [0.25, 0.3) is 0 Å². The average molecular weight is 328 g/mol. The average Bonchev–Trinajstić information content (AvgIpc) is 2.65. The van der Waals surface area contributed by atoms with Crippen molar-refractivity contribution in [1.82, 2.24) is 0 Å². The van der Waals surface area contributed by atoms with E-state index in [0.717, 1.165) is 19.3 Å². The van der Waals surface area contributed by atoms with Gasteiger partial charge in [0.15, 0.2) is 0 Å². The van der Waals surface area contributed by atoms with Crippen molar-refractivity contribution in [3.8, 4) is 0 Å². The Hall–Kier alpha value is -2.41. The summed E-state index contributed by atoms with van der Waals surface area (Å²) in [5, 5.41) is 7.98. The molecular formula is C24H24O. The quantitative estimate of drug-likeness (QED) is 0.368. The smallest absolute Gasteiger partial charge is 0.135 e. The molecule has 0 fully saturated rings. The summed E-state index contributed by atoms with van der Waals surface area (Å²) in [7, 11) is 0. The zero-order valence-corrected chi connectivity index (χ0v) is 15.0. The molecule has 0 heterocycles. The second kappa shape index (κ2) is 6.48. The molecule has 0 aromatic heterocycles. The fourth-order valence-electron chi connectivity index (χ4n) is 3.90. The standard InChI is InChI=1S/C24H24O/c1-3-16(2)22(25)9-4-6-17-14-20-12-10-18-7-5-8-19-11-13-21(15-17)24(20)23(18)19/h5,7-8,10-16H,3-4,6,9H2,1-2H3. The third-order valence-corrected chi connectivity index (χ3v) is 5.57. The monoisotopic (exact) mass is 328 g/mol. The van der Waals surface area contributed by atoms with E-state index in [0.29, 0.717) is 12.2 Å². The second-order valence-electron chi connectivity index (χ2n) is 7.26. The molecule has 0 amide bonds. The number of hydrogen-bond acceptors (Lipinski definition) is 1. The first-order valence-electron chi connectivity index (χ1n) is 9.36. The van der Waals surface area contributed by atoms with Crippen LogP contribution in [0.1, 0.15) is 38.7 Å². The van der Waals surface area contributed by atoms with E-state index >= 15 is 0 Å². The molecule has 0 aliphatic heterocycles. The zero-order valence-electron chi connectivity index (χ0n) is 15.0. The lowest BCUT2D eigenvalue weighted by Crippen LogP contribution is -2.09. The Bertz CT molecular complexity index is 980. The third-order valence-electron chi connectivity index (χ3n) is 5.57. The van der Waals surface area contributed by atoms with Crippen LogP contribution in [-0.4, -0.2) is 5.78 Å². The summed E-state index contributed by atoms with van der Waals surface area (Å²) in [5.74, 6) is 0.602. The van der Waals surface area contributed by atoms with E-state index in [4.69, 9.17) is 0 Å². The minimum Gasteiger partial charge on any atom is -0.299 e. The van der Waals surface area contributed by atoms with Crippen LogP contribution < -0.4 is 0 Å². The molecule has 0 N–H and O–H groups in total. The molecule has 1 unspecified atom stereocenters. The molecule has 25 heavy (non-hydrogen) atoms. The van der Waals surface area contributed by atoms with Gasteiger partial charge in [-0.25, -0.2) is 0 Å². The largest absolute Gasteiger partial charge is 0.299 e. The van der Waals surface area contributed by atoms with Gasteiger partial charge in [0.2, 0.25) is 0 Å². The third kappa shape index (κ3) is 2.89. The Labute approximate surface area is 149 Å². The summed E-state index contributed by atoms with van der Waals surface area (Å²) in [4.78, 5) is 12.0. The maximum Gasteiger partial charge on any atom is 0.135 e. The number of ketones is 1. The molecule has 126 valence electrons. The minimum absolute atomic E-state index is 0.200. The summed E-state index contributed by atoms with van der Waals surface area (Å²) in [6, 6.07) is 20.0. The fraction of sp³-hybridized carbons (Fsp3) is 0.292. The van der Waals surface area contributed by atoms with E-state index in [9.17, 15) is 4.79 Å². The Morgan fingerprint density at radius 1 is 0.880 bits per heavy atom. The molecule has 1 nitrogen and oxygen atoms in total. The summed E-state index contributed by atoms with van der Waals surface area (Å²) < 4.78 is 0. The van der Waals surface area contributed by atoms with Crippen LogP contribution in [0.4, 0.5) is 0 Å². The van der Waals surface area contributed by atoms with E-state index in [-0.39, 0.29) is 5.92 Å². The number of Topliss-reactive ketones (excluding diaryl/α,β-unsaturated/α-hetero) is 1. The van der Waals surface area contributed by atoms with E-state index in [1.54, 1.807) is 0 Å². The van der Waals surface area contributed by atoms with Crippen molar-refractivity contribution in [1.29, 1.82) is 0 Å². The van der Waals surface area contributed by atoms with Crippen LogP contribution in [-0.2, 0) is 11.2 Å². The van der Waals surface area contributed by atoms with E-state index in [1.807, 2.05) is 6.92 Å². The highest BCUT2D eigenvalue weighted by Crippen LogP contribution is 2.35. The Morgan fingerprint density at radius 3 is 2.04 bits per heavy atom. The van der Waals surface area contributed by atoms with Crippen molar-refractivity contribution in [2.24, 2.45) is 5.92 Å². The van der Waals surface area contributed by atoms with E-state index in [1.165, 1.54) is 37.9 Å². The van der Waals surface area contributed by atoms with Crippen LogP contribution >= 0.6 is 0 Å². The molecule has 1 heteroatoms. The lowest BCUT2D eigenvalue weighted by molar-refractivity contribution is -0.122. The molecular weight excluding hydrogens is 304 g/mol. The van der Waals surface area contributed by atoms with Gasteiger partial charge in [0.05, 0.1) is 0 Å². The predicted octanol–water partition coefficient (Wildman–Crippen LogP) is 6.52. The molecule has 4 aromatic carbocycles. The molecule has 4 rings (SSSR count). The van der Waals surface area contributed by atoms with Gasteiger partial charge in [-0.15, -0.1) is 0 Å². The van der Waals surface area contributed by atoms with Gasteiger partial charge < -0.3 is 0 Å². The van der Waals surface area contributed by atoms with Gasteiger partial charge >= 0.3 is 0 Å². The Morgan fingerprint density at radius 2 is 1.44 bits per heavy atom. The summed E-state index contributed by atoms with van der Waals surface area (Å²) in [5.41, 5.74) is 1.34.